The normalized spacial score (nSPS) is 20.0. The smallest absolute Gasteiger partial charge is 0.124 e. The van der Waals surface area contributed by atoms with Crippen molar-refractivity contribution in [3.8, 4) is 5.75 Å². The van der Waals surface area contributed by atoms with Gasteiger partial charge in [-0.2, -0.15) is 0 Å². The number of aryl methyl sites for hydroxylation is 1. The summed E-state index contributed by atoms with van der Waals surface area (Å²) in [6, 6.07) is 6.31. The van der Waals surface area contributed by atoms with Gasteiger partial charge in [-0.15, -0.1) is 0 Å². The zero-order valence-corrected chi connectivity index (χ0v) is 9.95. The van der Waals surface area contributed by atoms with Crippen molar-refractivity contribution in [2.24, 2.45) is 0 Å². The Hall–Kier alpha value is -1.06. The Morgan fingerprint density at radius 3 is 3.06 bits per heavy atom. The molecule has 0 bridgehead atoms. The number of rotatable bonds is 4. The molecule has 0 aromatic heterocycles. The van der Waals surface area contributed by atoms with Crippen LogP contribution in [0.4, 0.5) is 0 Å². The van der Waals surface area contributed by atoms with E-state index >= 15 is 0 Å². The van der Waals surface area contributed by atoms with Gasteiger partial charge in [0.25, 0.3) is 0 Å². The van der Waals surface area contributed by atoms with Crippen LogP contribution in [0, 0.1) is 6.92 Å². The zero-order chi connectivity index (χ0) is 11.4. The molecule has 1 aromatic rings. The molecule has 0 radical (unpaired) electrons. The van der Waals surface area contributed by atoms with Gasteiger partial charge in [0.2, 0.25) is 0 Å². The van der Waals surface area contributed by atoms with Crippen LogP contribution in [0.25, 0.3) is 0 Å². The number of ether oxygens (including phenoxy) is 2. The number of nitrogens with one attached hydrogen (secondary N) is 1. The first-order chi connectivity index (χ1) is 7.79. The molecule has 1 fully saturated rings. The van der Waals surface area contributed by atoms with Crippen molar-refractivity contribution < 1.29 is 9.47 Å². The van der Waals surface area contributed by atoms with E-state index in [0.29, 0.717) is 6.61 Å². The lowest BCUT2D eigenvalue weighted by molar-refractivity contribution is 0.140. The van der Waals surface area contributed by atoms with E-state index in [1.165, 1.54) is 11.1 Å². The molecule has 16 heavy (non-hydrogen) atoms. The molecule has 2 rings (SSSR count). The van der Waals surface area contributed by atoms with E-state index in [4.69, 9.17) is 9.47 Å². The van der Waals surface area contributed by atoms with Gasteiger partial charge in [0, 0.05) is 18.5 Å². The number of hydrogen-bond acceptors (Lipinski definition) is 3. The highest BCUT2D eigenvalue weighted by Crippen LogP contribution is 2.23. The summed E-state index contributed by atoms with van der Waals surface area (Å²) in [5.41, 5.74) is 2.48. The minimum atomic E-state index is 0.221. The van der Waals surface area contributed by atoms with E-state index in [9.17, 15) is 0 Å². The van der Waals surface area contributed by atoms with Crippen molar-refractivity contribution in [2.75, 3.05) is 20.3 Å². The van der Waals surface area contributed by atoms with E-state index in [2.05, 4.69) is 30.4 Å². The van der Waals surface area contributed by atoms with E-state index in [1.54, 1.807) is 0 Å². The first-order valence-electron chi connectivity index (χ1n) is 5.78. The quantitative estimate of drug-likeness (QED) is 0.842. The van der Waals surface area contributed by atoms with Gasteiger partial charge in [0.05, 0.1) is 13.2 Å². The van der Waals surface area contributed by atoms with Gasteiger partial charge in [-0.3, -0.25) is 0 Å². The van der Waals surface area contributed by atoms with Crippen molar-refractivity contribution in [3.05, 3.63) is 29.3 Å². The standard InChI is InChI=1S/C13H19NO2/c1-10-3-4-13(11(7-10)8-14-2)16-12-5-6-15-9-12/h3-4,7,12,14H,5-6,8-9H2,1-2H3. The number of hydrogen-bond donors (Lipinski definition) is 1. The highest BCUT2D eigenvalue weighted by Gasteiger charge is 2.18. The Morgan fingerprint density at radius 1 is 1.50 bits per heavy atom. The lowest BCUT2D eigenvalue weighted by Gasteiger charge is -2.16. The second-order valence-electron chi connectivity index (χ2n) is 4.24. The molecule has 1 heterocycles. The van der Waals surface area contributed by atoms with Crippen LogP contribution in [0.5, 0.6) is 5.75 Å². The van der Waals surface area contributed by atoms with E-state index in [0.717, 1.165) is 25.3 Å². The van der Waals surface area contributed by atoms with Gasteiger partial charge < -0.3 is 14.8 Å². The summed E-state index contributed by atoms with van der Waals surface area (Å²) in [6.45, 7) is 4.47. The average Bonchev–Trinajstić information content (AvgIpc) is 2.75. The van der Waals surface area contributed by atoms with Gasteiger partial charge in [-0.05, 0) is 20.0 Å². The molecule has 0 aliphatic carbocycles. The molecule has 3 nitrogen and oxygen atoms in total. The van der Waals surface area contributed by atoms with Gasteiger partial charge in [0.15, 0.2) is 0 Å². The summed E-state index contributed by atoms with van der Waals surface area (Å²) >= 11 is 0. The predicted octanol–water partition coefficient (Wildman–Crippen LogP) is 1.88. The van der Waals surface area contributed by atoms with Crippen LogP contribution < -0.4 is 10.1 Å². The summed E-state index contributed by atoms with van der Waals surface area (Å²) in [5.74, 6) is 0.982. The summed E-state index contributed by atoms with van der Waals surface area (Å²) in [5, 5.41) is 3.17. The zero-order valence-electron chi connectivity index (χ0n) is 9.95. The average molecular weight is 221 g/mol. The molecule has 88 valence electrons. The molecule has 1 saturated heterocycles. The molecule has 0 saturated carbocycles. The summed E-state index contributed by atoms with van der Waals surface area (Å²) in [7, 11) is 1.95. The van der Waals surface area contributed by atoms with E-state index in [1.807, 2.05) is 7.05 Å². The minimum absolute atomic E-state index is 0.221. The summed E-state index contributed by atoms with van der Waals surface area (Å²) in [4.78, 5) is 0. The van der Waals surface area contributed by atoms with Crippen LogP contribution in [0.3, 0.4) is 0 Å². The number of benzene rings is 1. The molecule has 0 spiro atoms. The van der Waals surface area contributed by atoms with Crippen LogP contribution >= 0.6 is 0 Å². The predicted molar refractivity (Wildman–Crippen MR) is 63.8 cm³/mol. The van der Waals surface area contributed by atoms with Crippen LogP contribution in [-0.4, -0.2) is 26.4 Å². The van der Waals surface area contributed by atoms with Gasteiger partial charge in [0.1, 0.15) is 11.9 Å². The fourth-order valence-electron chi connectivity index (χ4n) is 1.94. The van der Waals surface area contributed by atoms with Crippen molar-refractivity contribution in [1.82, 2.24) is 5.32 Å². The molecule has 1 N–H and O–H groups in total. The Labute approximate surface area is 96.8 Å². The second kappa shape index (κ2) is 5.32. The SMILES string of the molecule is CNCc1cc(C)ccc1OC1CCOC1. The maximum atomic E-state index is 5.95. The van der Waals surface area contributed by atoms with Crippen LogP contribution in [-0.2, 0) is 11.3 Å². The molecule has 1 aromatic carbocycles. The largest absolute Gasteiger partial charge is 0.488 e. The van der Waals surface area contributed by atoms with E-state index in [-0.39, 0.29) is 6.10 Å². The van der Waals surface area contributed by atoms with Crippen LogP contribution in [0.15, 0.2) is 18.2 Å². The lowest BCUT2D eigenvalue weighted by atomic mass is 10.1. The molecule has 1 aliphatic heterocycles. The third-order valence-corrected chi connectivity index (χ3v) is 2.76. The maximum absolute atomic E-state index is 5.95. The molecular weight excluding hydrogens is 202 g/mol. The third-order valence-electron chi connectivity index (χ3n) is 2.76. The van der Waals surface area contributed by atoms with Gasteiger partial charge in [-0.1, -0.05) is 17.7 Å². The van der Waals surface area contributed by atoms with Crippen molar-refractivity contribution in [1.29, 1.82) is 0 Å². The van der Waals surface area contributed by atoms with Crippen molar-refractivity contribution in [2.45, 2.75) is 26.0 Å². The maximum Gasteiger partial charge on any atom is 0.124 e. The van der Waals surface area contributed by atoms with Crippen molar-refractivity contribution in [3.63, 3.8) is 0 Å². The second-order valence-corrected chi connectivity index (χ2v) is 4.24. The Balaban J connectivity index is 2.11. The fourth-order valence-corrected chi connectivity index (χ4v) is 1.94. The van der Waals surface area contributed by atoms with Crippen LogP contribution in [0.1, 0.15) is 17.5 Å². The molecule has 1 aliphatic rings. The molecule has 0 amide bonds. The molecule has 1 atom stereocenters. The lowest BCUT2D eigenvalue weighted by Crippen LogP contribution is -2.17. The third kappa shape index (κ3) is 2.74. The first-order valence-corrected chi connectivity index (χ1v) is 5.78. The fraction of sp³-hybridized carbons (Fsp3) is 0.538. The Kier molecular flexibility index (Phi) is 3.80. The Bertz CT molecular complexity index is 346. The van der Waals surface area contributed by atoms with Crippen LogP contribution in [0.2, 0.25) is 0 Å². The molecular formula is C13H19NO2. The Morgan fingerprint density at radius 2 is 2.38 bits per heavy atom. The minimum Gasteiger partial charge on any atom is -0.488 e. The van der Waals surface area contributed by atoms with Crippen molar-refractivity contribution >= 4 is 0 Å². The topological polar surface area (TPSA) is 30.5 Å². The monoisotopic (exact) mass is 221 g/mol. The molecule has 3 heteroatoms. The highest BCUT2D eigenvalue weighted by atomic mass is 16.5. The summed E-state index contributed by atoms with van der Waals surface area (Å²) < 4.78 is 11.3. The highest BCUT2D eigenvalue weighted by molar-refractivity contribution is 5.37. The summed E-state index contributed by atoms with van der Waals surface area (Å²) in [6.07, 6.45) is 1.21. The van der Waals surface area contributed by atoms with Gasteiger partial charge >= 0.3 is 0 Å². The molecule has 1 unspecified atom stereocenters. The van der Waals surface area contributed by atoms with Gasteiger partial charge in [-0.25, -0.2) is 0 Å². The van der Waals surface area contributed by atoms with E-state index < -0.39 is 0 Å². The first kappa shape index (κ1) is 11.4.